The van der Waals surface area contributed by atoms with Crippen molar-refractivity contribution in [3.8, 4) is 0 Å². The van der Waals surface area contributed by atoms with E-state index in [-0.39, 0.29) is 5.91 Å². The average molecular weight is 452 g/mol. The number of nitrogens with zero attached hydrogens (tertiary/aromatic N) is 2. The third-order valence-electron chi connectivity index (χ3n) is 6.70. The molecule has 2 aliphatic heterocycles. The van der Waals surface area contributed by atoms with E-state index in [9.17, 15) is 9.59 Å². The van der Waals surface area contributed by atoms with Crippen molar-refractivity contribution < 1.29 is 9.59 Å². The molecule has 0 saturated carbocycles. The summed E-state index contributed by atoms with van der Waals surface area (Å²) in [5.41, 5.74) is 8.30. The summed E-state index contributed by atoms with van der Waals surface area (Å²) in [7, 11) is 0. The fraction of sp³-hybridized carbons (Fsp3) is 0.241. The van der Waals surface area contributed by atoms with Crippen LogP contribution in [0.4, 0.5) is 0 Å². The molecule has 5 nitrogen and oxygen atoms in total. The van der Waals surface area contributed by atoms with Gasteiger partial charge in [0.15, 0.2) is 0 Å². The molecule has 0 spiro atoms. The highest BCUT2D eigenvalue weighted by molar-refractivity contribution is 5.96. The van der Waals surface area contributed by atoms with E-state index in [4.69, 9.17) is 0 Å². The molecule has 5 rings (SSSR count). The summed E-state index contributed by atoms with van der Waals surface area (Å²) in [6.07, 6.45) is 13.7. The number of benzene rings is 2. The third-order valence-corrected chi connectivity index (χ3v) is 6.70. The van der Waals surface area contributed by atoms with E-state index >= 15 is 0 Å². The molecule has 0 bridgehead atoms. The zero-order chi connectivity index (χ0) is 23.3. The van der Waals surface area contributed by atoms with Crippen molar-refractivity contribution in [1.29, 1.82) is 0 Å². The van der Waals surface area contributed by atoms with Crippen molar-refractivity contribution in [3.63, 3.8) is 0 Å². The number of nitrogens with one attached hydrogen (secondary N) is 1. The Hall–Kier alpha value is -3.86. The molecular weight excluding hydrogens is 422 g/mol. The number of amides is 2. The van der Waals surface area contributed by atoms with Gasteiger partial charge in [0.05, 0.1) is 0 Å². The normalized spacial score (nSPS) is 17.0. The maximum Gasteiger partial charge on any atom is 0.251 e. The number of hydrogen-bond acceptors (Lipinski definition) is 3. The first-order valence-electron chi connectivity index (χ1n) is 12.0. The van der Waals surface area contributed by atoms with Crippen LogP contribution < -0.4 is 5.32 Å². The summed E-state index contributed by atoms with van der Waals surface area (Å²) in [6, 6.07) is 17.2. The lowest BCUT2D eigenvalue weighted by Gasteiger charge is -2.34. The Balaban J connectivity index is 1.40. The van der Waals surface area contributed by atoms with Gasteiger partial charge in [-0.2, -0.15) is 0 Å². The second-order valence-corrected chi connectivity index (χ2v) is 8.81. The second kappa shape index (κ2) is 9.96. The number of carbonyl (C=O) groups is 2. The first-order valence-corrected chi connectivity index (χ1v) is 12.0. The summed E-state index contributed by atoms with van der Waals surface area (Å²) >= 11 is 0. The molecule has 5 heteroatoms. The van der Waals surface area contributed by atoms with E-state index in [0.717, 1.165) is 32.3 Å². The molecule has 1 saturated heterocycles. The quantitative estimate of drug-likeness (QED) is 0.584. The number of hydrogen-bond donors (Lipinski definition) is 1. The molecule has 0 aromatic heterocycles. The Kier molecular flexibility index (Phi) is 6.43. The molecule has 172 valence electrons. The average Bonchev–Trinajstić information content (AvgIpc) is 3.06. The minimum atomic E-state index is -0.0950. The Labute approximate surface area is 200 Å². The maximum absolute atomic E-state index is 12.6. The van der Waals surface area contributed by atoms with Gasteiger partial charge in [0.2, 0.25) is 6.41 Å². The Morgan fingerprint density at radius 3 is 2.29 bits per heavy atom. The fourth-order valence-electron chi connectivity index (χ4n) is 4.96. The highest BCUT2D eigenvalue weighted by Gasteiger charge is 2.24. The van der Waals surface area contributed by atoms with Gasteiger partial charge in [-0.1, -0.05) is 66.8 Å². The number of rotatable bonds is 5. The Bertz CT molecular complexity index is 1170. The van der Waals surface area contributed by atoms with Gasteiger partial charge in [0.1, 0.15) is 0 Å². The number of carbonyl (C=O) groups excluding carboxylic acids is 2. The van der Waals surface area contributed by atoms with E-state index in [1.54, 1.807) is 18.4 Å². The lowest BCUT2D eigenvalue weighted by atomic mass is 9.89. The van der Waals surface area contributed by atoms with Gasteiger partial charge in [-0.15, -0.1) is 0 Å². The largest absolute Gasteiger partial charge is 0.373 e. The molecular formula is C29H29N3O2. The Morgan fingerprint density at radius 1 is 0.941 bits per heavy atom. The monoisotopic (exact) mass is 451 g/mol. The molecule has 2 heterocycles. The number of likely N-dealkylation sites (tertiary alicyclic amines) is 1. The highest BCUT2D eigenvalue weighted by Crippen LogP contribution is 2.39. The van der Waals surface area contributed by atoms with E-state index in [1.807, 2.05) is 0 Å². The summed E-state index contributed by atoms with van der Waals surface area (Å²) in [4.78, 5) is 27.4. The molecule has 0 unspecified atom stereocenters. The first-order chi connectivity index (χ1) is 16.7. The summed E-state index contributed by atoms with van der Waals surface area (Å²) in [5.74, 6) is -0.0950. The minimum absolute atomic E-state index is 0.0950. The topological polar surface area (TPSA) is 52.7 Å². The molecule has 1 fully saturated rings. The van der Waals surface area contributed by atoms with Crippen molar-refractivity contribution in [2.24, 2.45) is 0 Å². The van der Waals surface area contributed by atoms with Crippen LogP contribution in [0.1, 0.15) is 41.5 Å². The van der Waals surface area contributed by atoms with Crippen molar-refractivity contribution in [2.45, 2.75) is 19.3 Å². The van der Waals surface area contributed by atoms with Gasteiger partial charge in [-0.05, 0) is 47.6 Å². The Morgan fingerprint density at radius 2 is 1.65 bits per heavy atom. The minimum Gasteiger partial charge on any atom is -0.373 e. The van der Waals surface area contributed by atoms with Crippen LogP contribution in [0.5, 0.6) is 0 Å². The fourth-order valence-corrected chi connectivity index (χ4v) is 4.96. The van der Waals surface area contributed by atoms with Crippen LogP contribution in [0.15, 0.2) is 78.2 Å². The summed E-state index contributed by atoms with van der Waals surface area (Å²) in [5, 5.41) is 3.06. The number of piperidine rings is 1. The zero-order valence-corrected chi connectivity index (χ0v) is 19.2. The van der Waals surface area contributed by atoms with Crippen molar-refractivity contribution >= 4 is 30.0 Å². The lowest BCUT2D eigenvalue weighted by molar-refractivity contribution is -0.118. The predicted octanol–water partition coefficient (Wildman–Crippen LogP) is 4.44. The standard InChI is InChI=1S/C29H29N3O2/c33-21-31-18-14-24(15-19-31)29(34)30-16-20-32-17-6-5-11-27(32)28-25-9-3-1-7-22(25)12-13-23-8-2-4-10-26(23)28/h1-4,7-10,12-15,18,21H,5-6,11,16-17,19-20H2,(H,30,34). The van der Waals surface area contributed by atoms with Gasteiger partial charge in [0, 0.05) is 49.2 Å². The van der Waals surface area contributed by atoms with Crippen LogP contribution in [-0.2, 0) is 9.59 Å². The van der Waals surface area contributed by atoms with Gasteiger partial charge in [0.25, 0.3) is 5.91 Å². The molecule has 2 amide bonds. The highest BCUT2D eigenvalue weighted by atomic mass is 16.2. The van der Waals surface area contributed by atoms with E-state index in [1.165, 1.54) is 44.8 Å². The second-order valence-electron chi connectivity index (χ2n) is 8.81. The molecule has 2 aromatic rings. The third kappa shape index (κ3) is 4.46. The van der Waals surface area contributed by atoms with Crippen molar-refractivity contribution in [1.82, 2.24) is 15.1 Å². The van der Waals surface area contributed by atoms with E-state index in [0.29, 0.717) is 18.7 Å². The number of allylic oxidation sites excluding steroid dienone is 1. The lowest BCUT2D eigenvalue weighted by Crippen LogP contribution is -2.38. The van der Waals surface area contributed by atoms with Gasteiger partial charge < -0.3 is 15.1 Å². The first kappa shape index (κ1) is 22.0. The molecule has 3 aliphatic rings. The maximum atomic E-state index is 12.6. The summed E-state index contributed by atoms with van der Waals surface area (Å²) in [6.45, 7) is 2.75. The smallest absolute Gasteiger partial charge is 0.251 e. The molecule has 1 N–H and O–H groups in total. The van der Waals surface area contributed by atoms with Gasteiger partial charge in [-0.25, -0.2) is 0 Å². The molecule has 0 radical (unpaired) electrons. The SMILES string of the molecule is O=CN1C=CC(C(=O)NCCN2CCCCC2=C2c3ccccc3C=Cc3ccccc32)=CC1. The molecule has 34 heavy (non-hydrogen) atoms. The molecule has 1 aliphatic carbocycles. The molecule has 2 aromatic carbocycles. The summed E-state index contributed by atoms with van der Waals surface area (Å²) < 4.78 is 0. The number of fused-ring (bicyclic) bond motifs is 2. The van der Waals surface area contributed by atoms with Crippen molar-refractivity contribution in [2.75, 3.05) is 26.2 Å². The zero-order valence-electron chi connectivity index (χ0n) is 19.2. The van der Waals surface area contributed by atoms with E-state index < -0.39 is 0 Å². The van der Waals surface area contributed by atoms with Crippen LogP contribution in [0.2, 0.25) is 0 Å². The van der Waals surface area contributed by atoms with Crippen molar-refractivity contribution in [3.05, 3.63) is 100 Å². The van der Waals surface area contributed by atoms with Crippen LogP contribution in [0.3, 0.4) is 0 Å². The van der Waals surface area contributed by atoms with E-state index in [2.05, 4.69) is 70.9 Å². The van der Waals surface area contributed by atoms with Crippen LogP contribution in [0.25, 0.3) is 17.7 Å². The van der Waals surface area contributed by atoms with Crippen LogP contribution >= 0.6 is 0 Å². The van der Waals surface area contributed by atoms with Crippen LogP contribution in [-0.4, -0.2) is 48.3 Å². The van der Waals surface area contributed by atoms with Gasteiger partial charge >= 0.3 is 0 Å². The predicted molar refractivity (Wildman–Crippen MR) is 136 cm³/mol. The van der Waals surface area contributed by atoms with Crippen LogP contribution in [0, 0.1) is 0 Å². The molecule has 0 atom stereocenters. The van der Waals surface area contributed by atoms with Gasteiger partial charge in [-0.3, -0.25) is 9.59 Å².